The van der Waals surface area contributed by atoms with Crippen LogP contribution < -0.4 is 0 Å². The summed E-state index contributed by atoms with van der Waals surface area (Å²) in [5.41, 5.74) is 0.962. The van der Waals surface area contributed by atoms with E-state index in [1.54, 1.807) is 4.90 Å². The van der Waals surface area contributed by atoms with Crippen LogP contribution in [0.3, 0.4) is 0 Å². The fourth-order valence-corrected chi connectivity index (χ4v) is 3.01. The van der Waals surface area contributed by atoms with E-state index in [2.05, 4.69) is 0 Å². The molecular formula is C17H24ClNO4. The predicted molar refractivity (Wildman–Crippen MR) is 89.6 cm³/mol. The second-order valence-electron chi connectivity index (χ2n) is 5.80. The van der Waals surface area contributed by atoms with Gasteiger partial charge in [0, 0.05) is 19.5 Å². The van der Waals surface area contributed by atoms with Gasteiger partial charge in [0.2, 0.25) is 0 Å². The van der Waals surface area contributed by atoms with Gasteiger partial charge in [-0.2, -0.15) is 0 Å². The number of nitrogens with zero attached hydrogens (tertiary/aromatic N) is 1. The Bertz CT molecular complexity index is 509. The topological polar surface area (TPSA) is 66.8 Å². The summed E-state index contributed by atoms with van der Waals surface area (Å²) in [4.78, 5) is 24.8. The molecule has 1 amide bonds. The van der Waals surface area contributed by atoms with Crippen LogP contribution in [0.15, 0.2) is 30.3 Å². The Labute approximate surface area is 143 Å². The zero-order valence-electron chi connectivity index (χ0n) is 13.3. The van der Waals surface area contributed by atoms with Crippen LogP contribution in [-0.4, -0.2) is 35.2 Å². The lowest BCUT2D eigenvalue weighted by Crippen LogP contribution is -2.44. The van der Waals surface area contributed by atoms with Crippen LogP contribution in [0, 0.1) is 11.8 Å². The van der Waals surface area contributed by atoms with Crippen molar-refractivity contribution in [2.75, 3.05) is 13.1 Å². The Hall–Kier alpha value is -1.75. The van der Waals surface area contributed by atoms with E-state index in [9.17, 15) is 9.59 Å². The number of amides is 1. The van der Waals surface area contributed by atoms with Crippen LogP contribution in [0.5, 0.6) is 0 Å². The number of hydrogen-bond acceptors (Lipinski definition) is 3. The second-order valence-corrected chi connectivity index (χ2v) is 5.80. The van der Waals surface area contributed by atoms with E-state index in [0.29, 0.717) is 13.1 Å². The van der Waals surface area contributed by atoms with Crippen molar-refractivity contribution in [3.63, 3.8) is 0 Å². The highest BCUT2D eigenvalue weighted by atomic mass is 35.5. The van der Waals surface area contributed by atoms with Crippen molar-refractivity contribution in [1.82, 2.24) is 4.90 Å². The monoisotopic (exact) mass is 341 g/mol. The van der Waals surface area contributed by atoms with E-state index < -0.39 is 5.97 Å². The first-order valence-electron chi connectivity index (χ1n) is 7.77. The number of carboxylic acid groups (broad SMARTS) is 1. The third-order valence-electron chi connectivity index (χ3n) is 4.32. The number of piperidine rings is 1. The molecule has 0 bridgehead atoms. The van der Waals surface area contributed by atoms with Gasteiger partial charge in [0.15, 0.2) is 0 Å². The summed E-state index contributed by atoms with van der Waals surface area (Å²) in [5.74, 6) is -0.377. The molecule has 0 aromatic heterocycles. The summed E-state index contributed by atoms with van der Waals surface area (Å²) in [6.07, 6.45) is 1.48. The molecule has 1 heterocycles. The fourth-order valence-electron chi connectivity index (χ4n) is 3.01. The highest BCUT2D eigenvalue weighted by molar-refractivity contribution is 5.85. The molecule has 23 heavy (non-hydrogen) atoms. The number of hydrogen-bond donors (Lipinski definition) is 1. The lowest BCUT2D eigenvalue weighted by molar-refractivity contribution is -0.139. The number of carbonyl (C=O) groups is 2. The normalized spacial score (nSPS) is 20.5. The number of halogens is 1. The molecule has 1 aliphatic heterocycles. The van der Waals surface area contributed by atoms with E-state index >= 15 is 0 Å². The molecule has 0 radical (unpaired) electrons. The molecule has 128 valence electrons. The summed E-state index contributed by atoms with van der Waals surface area (Å²) in [6.45, 7) is 3.47. The number of likely N-dealkylation sites (tertiary alicyclic amines) is 1. The van der Waals surface area contributed by atoms with Gasteiger partial charge in [-0.05, 0) is 23.8 Å². The van der Waals surface area contributed by atoms with E-state index in [1.165, 1.54) is 0 Å². The van der Waals surface area contributed by atoms with Gasteiger partial charge in [-0.3, -0.25) is 4.79 Å². The minimum absolute atomic E-state index is 0. The predicted octanol–water partition coefficient (Wildman–Crippen LogP) is 3.57. The molecule has 5 nitrogen and oxygen atoms in total. The maximum Gasteiger partial charge on any atom is 0.410 e. The zero-order valence-corrected chi connectivity index (χ0v) is 14.1. The Balaban J connectivity index is 0.00000264. The molecule has 0 unspecified atom stereocenters. The molecule has 2 rings (SSSR count). The third-order valence-corrected chi connectivity index (χ3v) is 4.32. The number of ether oxygens (including phenoxy) is 1. The van der Waals surface area contributed by atoms with E-state index in [0.717, 1.165) is 18.4 Å². The van der Waals surface area contributed by atoms with Crippen LogP contribution >= 0.6 is 12.4 Å². The van der Waals surface area contributed by atoms with Gasteiger partial charge < -0.3 is 14.7 Å². The molecular weight excluding hydrogens is 318 g/mol. The Morgan fingerprint density at radius 3 is 2.57 bits per heavy atom. The SMILES string of the molecule is CC[C@H]1CN(C(=O)OCc2ccccc2)CC[C@H]1CC(=O)O.Cl. The minimum atomic E-state index is -0.761. The fraction of sp³-hybridized carbons (Fsp3) is 0.529. The van der Waals surface area contributed by atoms with Crippen molar-refractivity contribution >= 4 is 24.5 Å². The van der Waals surface area contributed by atoms with Gasteiger partial charge >= 0.3 is 12.1 Å². The molecule has 1 N–H and O–H groups in total. The van der Waals surface area contributed by atoms with Crippen LogP contribution in [0.2, 0.25) is 0 Å². The summed E-state index contributed by atoms with van der Waals surface area (Å²) in [6, 6.07) is 9.58. The summed E-state index contributed by atoms with van der Waals surface area (Å²) in [7, 11) is 0. The number of carboxylic acids is 1. The molecule has 1 fully saturated rings. The smallest absolute Gasteiger partial charge is 0.410 e. The first kappa shape index (κ1) is 19.3. The summed E-state index contributed by atoms with van der Waals surface area (Å²) in [5, 5.41) is 8.96. The maximum absolute atomic E-state index is 12.1. The van der Waals surface area contributed by atoms with Crippen molar-refractivity contribution in [1.29, 1.82) is 0 Å². The van der Waals surface area contributed by atoms with Crippen molar-refractivity contribution in [2.24, 2.45) is 11.8 Å². The quantitative estimate of drug-likeness (QED) is 0.889. The number of aliphatic carboxylic acids is 1. The molecule has 0 saturated carbocycles. The lowest BCUT2D eigenvalue weighted by atomic mass is 9.82. The first-order valence-corrected chi connectivity index (χ1v) is 7.77. The standard InChI is InChI=1S/C17H23NO4.ClH/c1-2-14-11-18(9-8-15(14)10-16(19)20)17(21)22-12-13-6-4-3-5-7-13;/h3-7,14-15H,2,8-12H2,1H3,(H,19,20);1H/t14-,15-;/m0./s1. The first-order chi connectivity index (χ1) is 10.6. The Kier molecular flexibility index (Phi) is 7.89. The zero-order chi connectivity index (χ0) is 15.9. The largest absolute Gasteiger partial charge is 0.481 e. The van der Waals surface area contributed by atoms with Gasteiger partial charge in [-0.15, -0.1) is 12.4 Å². The molecule has 1 aromatic rings. The van der Waals surface area contributed by atoms with Crippen molar-refractivity contribution in [3.05, 3.63) is 35.9 Å². The van der Waals surface area contributed by atoms with Crippen LogP contribution in [0.4, 0.5) is 4.79 Å². The van der Waals surface area contributed by atoms with Crippen LogP contribution in [-0.2, 0) is 16.1 Å². The lowest BCUT2D eigenvalue weighted by Gasteiger charge is -2.37. The molecule has 1 aromatic carbocycles. The number of rotatable bonds is 5. The summed E-state index contributed by atoms with van der Waals surface area (Å²) < 4.78 is 5.35. The van der Waals surface area contributed by atoms with Gasteiger partial charge in [-0.25, -0.2) is 4.79 Å². The highest BCUT2D eigenvalue weighted by Gasteiger charge is 2.32. The molecule has 0 aliphatic carbocycles. The highest BCUT2D eigenvalue weighted by Crippen LogP contribution is 2.29. The summed E-state index contributed by atoms with van der Waals surface area (Å²) >= 11 is 0. The molecule has 0 spiro atoms. The molecule has 2 atom stereocenters. The van der Waals surface area contributed by atoms with E-state index in [4.69, 9.17) is 9.84 Å². The van der Waals surface area contributed by atoms with E-state index in [1.807, 2.05) is 37.3 Å². The third kappa shape index (κ3) is 5.75. The average molecular weight is 342 g/mol. The minimum Gasteiger partial charge on any atom is -0.481 e. The van der Waals surface area contributed by atoms with Gasteiger partial charge in [0.25, 0.3) is 0 Å². The molecule has 6 heteroatoms. The number of carbonyl (C=O) groups excluding carboxylic acids is 1. The van der Waals surface area contributed by atoms with Crippen molar-refractivity contribution in [3.8, 4) is 0 Å². The van der Waals surface area contributed by atoms with Gasteiger partial charge in [-0.1, -0.05) is 43.7 Å². The number of benzene rings is 1. The second kappa shape index (κ2) is 9.40. The van der Waals surface area contributed by atoms with Crippen LogP contribution in [0.1, 0.15) is 31.7 Å². The van der Waals surface area contributed by atoms with Gasteiger partial charge in [0.1, 0.15) is 6.61 Å². The van der Waals surface area contributed by atoms with Crippen molar-refractivity contribution < 1.29 is 19.4 Å². The Morgan fingerprint density at radius 1 is 1.26 bits per heavy atom. The van der Waals surface area contributed by atoms with Crippen molar-refractivity contribution in [2.45, 2.75) is 32.8 Å². The maximum atomic E-state index is 12.1. The average Bonchev–Trinajstić information content (AvgIpc) is 2.53. The van der Waals surface area contributed by atoms with Crippen LogP contribution in [0.25, 0.3) is 0 Å². The Morgan fingerprint density at radius 2 is 1.96 bits per heavy atom. The molecule has 1 saturated heterocycles. The van der Waals surface area contributed by atoms with E-state index in [-0.39, 0.29) is 43.4 Å². The molecule has 1 aliphatic rings. The van der Waals surface area contributed by atoms with Gasteiger partial charge in [0.05, 0.1) is 0 Å².